The maximum Gasteiger partial charge on any atom is 0.475 e. The van der Waals surface area contributed by atoms with Crippen LogP contribution >= 0.6 is 7.82 Å². The van der Waals surface area contributed by atoms with Crippen LogP contribution in [0.2, 0.25) is 0 Å². The van der Waals surface area contributed by atoms with E-state index in [-0.39, 0.29) is 25.7 Å². The van der Waals surface area contributed by atoms with Gasteiger partial charge in [-0.2, -0.15) is 0 Å². The molecule has 0 unspecified atom stereocenters. The third-order valence-corrected chi connectivity index (χ3v) is 8.03. The first-order valence-corrected chi connectivity index (χ1v) is 16.1. The Morgan fingerprint density at radius 2 is 1.36 bits per heavy atom. The van der Waals surface area contributed by atoms with E-state index in [1.807, 2.05) is 6.08 Å². The van der Waals surface area contributed by atoms with Gasteiger partial charge in [0, 0.05) is 6.42 Å². The molecule has 1 heterocycles. The Hall–Kier alpha value is -0.720. The topological polar surface area (TPSA) is 94.1 Å². The van der Waals surface area contributed by atoms with Crippen molar-refractivity contribution in [2.75, 3.05) is 19.8 Å². The molecule has 36 heavy (non-hydrogen) atoms. The molecule has 0 aromatic rings. The molecule has 1 aliphatic heterocycles. The van der Waals surface area contributed by atoms with Crippen LogP contribution in [0.25, 0.3) is 0 Å². The van der Waals surface area contributed by atoms with Gasteiger partial charge in [-0.25, -0.2) is 4.57 Å². The van der Waals surface area contributed by atoms with E-state index in [2.05, 4.69) is 19.2 Å². The second-order valence-electron chi connectivity index (χ2n) is 9.99. The van der Waals surface area contributed by atoms with Crippen molar-refractivity contribution < 1.29 is 28.0 Å². The van der Waals surface area contributed by atoms with Gasteiger partial charge in [-0.05, 0) is 19.3 Å². The van der Waals surface area contributed by atoms with Crippen LogP contribution in [0.5, 0.6) is 0 Å². The van der Waals surface area contributed by atoms with Crippen molar-refractivity contribution in [3.8, 4) is 0 Å². The third kappa shape index (κ3) is 17.7. The van der Waals surface area contributed by atoms with Crippen molar-refractivity contribution >= 4 is 13.7 Å². The zero-order chi connectivity index (χ0) is 26.3. The number of aliphatic hydroxyl groups is 1. The summed E-state index contributed by atoms with van der Waals surface area (Å²) in [7, 11) is -3.59. The molecule has 0 spiro atoms. The largest absolute Gasteiger partial charge is 0.475 e. The van der Waals surface area contributed by atoms with Gasteiger partial charge in [0.1, 0.15) is 0 Å². The number of rotatable bonds is 24. The standard InChI is InChI=1S/C28H54NO6P/c1-3-5-7-9-10-11-12-13-14-15-16-18-19-21-27(30)26(25-35-36(32)33-23-24-34-36)29-28(31)22-20-17-8-6-4-2/h19,21,26-27,30H,3-18,20,22-25H2,1-2H3,(H,29,31)/b21-19+/t26-,27+/m0/s1. The average molecular weight is 532 g/mol. The summed E-state index contributed by atoms with van der Waals surface area (Å²) in [5.74, 6) is -0.135. The summed E-state index contributed by atoms with van der Waals surface area (Å²) in [6.45, 7) is 4.71. The van der Waals surface area contributed by atoms with Crippen LogP contribution < -0.4 is 5.32 Å². The van der Waals surface area contributed by atoms with E-state index >= 15 is 0 Å². The molecule has 0 aliphatic carbocycles. The van der Waals surface area contributed by atoms with Crippen LogP contribution in [0.4, 0.5) is 0 Å². The van der Waals surface area contributed by atoms with Crippen LogP contribution in [0.15, 0.2) is 12.2 Å². The summed E-state index contributed by atoms with van der Waals surface area (Å²) in [6.07, 6.45) is 23.6. The highest BCUT2D eigenvalue weighted by Gasteiger charge is 2.34. The lowest BCUT2D eigenvalue weighted by Gasteiger charge is -2.23. The Bertz CT molecular complexity index is 605. The minimum Gasteiger partial charge on any atom is -0.387 e. The van der Waals surface area contributed by atoms with E-state index < -0.39 is 20.0 Å². The first kappa shape index (κ1) is 33.3. The maximum atomic E-state index is 12.4. The van der Waals surface area contributed by atoms with E-state index in [0.717, 1.165) is 38.5 Å². The number of hydrogen-bond acceptors (Lipinski definition) is 6. The first-order valence-electron chi connectivity index (χ1n) is 14.7. The molecule has 8 heteroatoms. The summed E-state index contributed by atoms with van der Waals surface area (Å²) in [4.78, 5) is 12.4. The van der Waals surface area contributed by atoms with E-state index in [4.69, 9.17) is 13.6 Å². The Morgan fingerprint density at radius 3 is 1.92 bits per heavy atom. The minimum absolute atomic E-state index is 0.135. The zero-order valence-electron chi connectivity index (χ0n) is 23.1. The first-order chi connectivity index (χ1) is 17.5. The summed E-state index contributed by atoms with van der Waals surface area (Å²) < 4.78 is 27.8. The molecule has 7 nitrogen and oxygen atoms in total. The predicted octanol–water partition coefficient (Wildman–Crippen LogP) is 7.62. The van der Waals surface area contributed by atoms with E-state index in [9.17, 15) is 14.5 Å². The molecule has 212 valence electrons. The molecule has 2 atom stereocenters. The second kappa shape index (κ2) is 22.3. The molecule has 0 radical (unpaired) electrons. The number of unbranched alkanes of at least 4 members (excludes halogenated alkanes) is 15. The van der Waals surface area contributed by atoms with Gasteiger partial charge in [0.25, 0.3) is 0 Å². The van der Waals surface area contributed by atoms with E-state index in [1.165, 1.54) is 70.6 Å². The fraction of sp³-hybridized carbons (Fsp3) is 0.893. The van der Waals surface area contributed by atoms with Gasteiger partial charge in [0.2, 0.25) is 5.91 Å². The molecule has 1 aliphatic rings. The molecular weight excluding hydrogens is 477 g/mol. The molecule has 0 saturated carbocycles. The minimum atomic E-state index is -3.59. The summed E-state index contributed by atoms with van der Waals surface area (Å²) >= 11 is 0. The number of phosphoric ester groups is 1. The molecule has 0 aromatic carbocycles. The number of carbonyl (C=O) groups is 1. The summed E-state index contributed by atoms with van der Waals surface area (Å²) in [5.41, 5.74) is 0. The summed E-state index contributed by atoms with van der Waals surface area (Å²) in [6, 6.07) is -0.708. The lowest BCUT2D eigenvalue weighted by atomic mass is 10.0. The van der Waals surface area contributed by atoms with E-state index in [0.29, 0.717) is 6.42 Å². The quantitative estimate of drug-likeness (QED) is 0.0756. The lowest BCUT2D eigenvalue weighted by molar-refractivity contribution is -0.123. The molecule has 0 bridgehead atoms. The number of nitrogens with one attached hydrogen (secondary N) is 1. The zero-order valence-corrected chi connectivity index (χ0v) is 24.0. The highest BCUT2D eigenvalue weighted by Crippen LogP contribution is 2.52. The molecule has 1 rings (SSSR count). The molecule has 2 N–H and O–H groups in total. The van der Waals surface area contributed by atoms with Crippen molar-refractivity contribution in [3.05, 3.63) is 12.2 Å². The average Bonchev–Trinajstić information content (AvgIpc) is 3.30. The van der Waals surface area contributed by atoms with E-state index in [1.54, 1.807) is 6.08 Å². The summed E-state index contributed by atoms with van der Waals surface area (Å²) in [5, 5.41) is 13.5. The van der Waals surface area contributed by atoms with Crippen molar-refractivity contribution in [2.24, 2.45) is 0 Å². The molecule has 1 saturated heterocycles. The van der Waals surface area contributed by atoms with Gasteiger partial charge >= 0.3 is 7.82 Å². The van der Waals surface area contributed by atoms with Gasteiger partial charge in [-0.15, -0.1) is 0 Å². The normalized spacial score (nSPS) is 17.0. The number of amides is 1. The Morgan fingerprint density at radius 1 is 0.861 bits per heavy atom. The monoisotopic (exact) mass is 531 g/mol. The molecule has 1 fully saturated rings. The fourth-order valence-corrected chi connectivity index (χ4v) is 5.43. The number of allylic oxidation sites excluding steroid dienone is 1. The van der Waals surface area contributed by atoms with Crippen molar-refractivity contribution in [2.45, 2.75) is 142 Å². The maximum absolute atomic E-state index is 12.4. The number of phosphoric acid groups is 1. The highest BCUT2D eigenvalue weighted by atomic mass is 31.2. The SMILES string of the molecule is CCCCCCCCCCCCC/C=C/[C@@H](O)[C@H](COP1(=O)OCCO1)NC(=O)CCCCCCC. The number of aliphatic hydroxyl groups excluding tert-OH is 1. The number of hydrogen-bond donors (Lipinski definition) is 2. The van der Waals surface area contributed by atoms with Crippen molar-refractivity contribution in [1.29, 1.82) is 0 Å². The molecule has 1 amide bonds. The van der Waals surface area contributed by atoms with Gasteiger partial charge in [0.05, 0.1) is 32.0 Å². The van der Waals surface area contributed by atoms with Crippen LogP contribution in [-0.4, -0.2) is 43.0 Å². The Balaban J connectivity index is 2.30. The molecule has 0 aromatic heterocycles. The Labute approximate surface area is 220 Å². The predicted molar refractivity (Wildman–Crippen MR) is 147 cm³/mol. The lowest BCUT2D eigenvalue weighted by Crippen LogP contribution is -2.45. The van der Waals surface area contributed by atoms with Crippen LogP contribution in [0, 0.1) is 0 Å². The van der Waals surface area contributed by atoms with Gasteiger partial charge in [0.15, 0.2) is 0 Å². The number of carbonyl (C=O) groups excluding carboxylic acids is 1. The Kier molecular flexibility index (Phi) is 20.6. The smallest absolute Gasteiger partial charge is 0.387 e. The van der Waals surface area contributed by atoms with Gasteiger partial charge in [-0.1, -0.05) is 116 Å². The van der Waals surface area contributed by atoms with Crippen LogP contribution in [0.1, 0.15) is 129 Å². The van der Waals surface area contributed by atoms with Gasteiger partial charge in [-0.3, -0.25) is 18.4 Å². The van der Waals surface area contributed by atoms with Crippen molar-refractivity contribution in [3.63, 3.8) is 0 Å². The van der Waals surface area contributed by atoms with Crippen LogP contribution in [0.3, 0.4) is 0 Å². The fourth-order valence-electron chi connectivity index (χ4n) is 4.27. The van der Waals surface area contributed by atoms with Crippen molar-refractivity contribution in [1.82, 2.24) is 5.32 Å². The third-order valence-electron chi connectivity index (χ3n) is 6.57. The highest BCUT2D eigenvalue weighted by molar-refractivity contribution is 7.48. The van der Waals surface area contributed by atoms with Crippen LogP contribution in [-0.2, 0) is 22.9 Å². The molecular formula is C28H54NO6P. The second-order valence-corrected chi connectivity index (χ2v) is 11.7. The van der Waals surface area contributed by atoms with Gasteiger partial charge < -0.3 is 10.4 Å².